The van der Waals surface area contributed by atoms with Gasteiger partial charge in [-0.15, -0.1) is 0 Å². The Labute approximate surface area is 101 Å². The van der Waals surface area contributed by atoms with Crippen molar-refractivity contribution in [1.29, 1.82) is 0 Å². The van der Waals surface area contributed by atoms with Gasteiger partial charge >= 0.3 is 6.18 Å². The molecule has 0 bridgehead atoms. The minimum absolute atomic E-state index is 0.0406. The SMILES string of the molecule is CN(CC(Br)C(F)(F)F)C1CCS(=O)(=O)C1. The molecule has 0 spiro atoms. The van der Waals surface area contributed by atoms with Crippen LogP contribution in [0.3, 0.4) is 0 Å². The summed E-state index contributed by atoms with van der Waals surface area (Å²) in [5, 5.41) is 0. The molecular formula is C8H13BrF3NO2S. The number of hydrogen-bond acceptors (Lipinski definition) is 3. The Morgan fingerprint density at radius 1 is 1.50 bits per heavy atom. The van der Waals surface area contributed by atoms with Crippen molar-refractivity contribution in [2.24, 2.45) is 0 Å². The molecule has 2 atom stereocenters. The van der Waals surface area contributed by atoms with Gasteiger partial charge in [-0.2, -0.15) is 13.2 Å². The fraction of sp³-hybridized carbons (Fsp3) is 1.00. The average Bonchev–Trinajstić information content (AvgIpc) is 2.44. The zero-order valence-corrected chi connectivity index (χ0v) is 11.1. The monoisotopic (exact) mass is 323 g/mol. The molecule has 0 N–H and O–H groups in total. The van der Waals surface area contributed by atoms with E-state index < -0.39 is 20.8 Å². The highest BCUT2D eigenvalue weighted by atomic mass is 79.9. The first-order valence-corrected chi connectivity index (χ1v) is 7.47. The zero-order valence-electron chi connectivity index (χ0n) is 8.67. The van der Waals surface area contributed by atoms with E-state index >= 15 is 0 Å². The molecule has 3 nitrogen and oxygen atoms in total. The Hall–Kier alpha value is 0.180. The molecule has 0 radical (unpaired) electrons. The summed E-state index contributed by atoms with van der Waals surface area (Å²) in [6.45, 7) is -0.232. The Bertz CT molecular complexity index is 344. The zero-order chi connectivity index (χ0) is 12.6. The first-order valence-electron chi connectivity index (χ1n) is 4.73. The van der Waals surface area contributed by atoms with Crippen molar-refractivity contribution in [1.82, 2.24) is 4.90 Å². The van der Waals surface area contributed by atoms with Gasteiger partial charge in [0, 0.05) is 12.6 Å². The van der Waals surface area contributed by atoms with Gasteiger partial charge in [0.05, 0.1) is 11.5 Å². The van der Waals surface area contributed by atoms with Crippen LogP contribution in [0.15, 0.2) is 0 Å². The molecule has 1 rings (SSSR count). The average molecular weight is 324 g/mol. The van der Waals surface area contributed by atoms with Gasteiger partial charge in [0.2, 0.25) is 0 Å². The van der Waals surface area contributed by atoms with Gasteiger partial charge < -0.3 is 4.90 Å². The molecule has 1 aliphatic heterocycles. The summed E-state index contributed by atoms with van der Waals surface area (Å²) in [7, 11) is -1.53. The summed E-state index contributed by atoms with van der Waals surface area (Å²) in [4.78, 5) is -0.162. The van der Waals surface area contributed by atoms with Crippen LogP contribution in [0, 0.1) is 0 Å². The van der Waals surface area contributed by atoms with Crippen molar-refractivity contribution < 1.29 is 21.6 Å². The molecule has 16 heavy (non-hydrogen) atoms. The van der Waals surface area contributed by atoms with Gasteiger partial charge in [0.15, 0.2) is 9.84 Å². The van der Waals surface area contributed by atoms with E-state index in [-0.39, 0.29) is 24.1 Å². The summed E-state index contributed by atoms with van der Waals surface area (Å²) < 4.78 is 59.1. The largest absolute Gasteiger partial charge is 0.402 e. The molecule has 0 aromatic heterocycles. The van der Waals surface area contributed by atoms with Crippen LogP contribution in [0.1, 0.15) is 6.42 Å². The van der Waals surface area contributed by atoms with E-state index in [0.717, 1.165) is 0 Å². The van der Waals surface area contributed by atoms with Gasteiger partial charge in [0.25, 0.3) is 0 Å². The molecule has 8 heteroatoms. The van der Waals surface area contributed by atoms with E-state index in [1.165, 1.54) is 11.9 Å². The molecule has 0 aliphatic carbocycles. The maximum atomic E-state index is 12.3. The molecule has 0 aromatic carbocycles. The minimum atomic E-state index is -4.30. The maximum absolute atomic E-state index is 12.3. The van der Waals surface area contributed by atoms with Crippen LogP contribution in [0.2, 0.25) is 0 Å². The van der Waals surface area contributed by atoms with E-state index in [1.54, 1.807) is 0 Å². The van der Waals surface area contributed by atoms with Crippen LogP contribution >= 0.6 is 15.9 Å². The maximum Gasteiger partial charge on any atom is 0.402 e. The fourth-order valence-electron chi connectivity index (χ4n) is 1.63. The van der Waals surface area contributed by atoms with Crippen molar-refractivity contribution in [3.63, 3.8) is 0 Å². The molecule has 0 saturated carbocycles. The third-order valence-electron chi connectivity index (χ3n) is 2.64. The molecule has 96 valence electrons. The minimum Gasteiger partial charge on any atom is -0.301 e. The summed E-state index contributed by atoms with van der Waals surface area (Å²) >= 11 is 2.56. The highest BCUT2D eigenvalue weighted by Gasteiger charge is 2.40. The number of halogens is 4. The predicted octanol–water partition coefficient (Wildman–Crippen LogP) is 1.43. The second kappa shape index (κ2) is 4.81. The van der Waals surface area contributed by atoms with Crippen LogP contribution in [-0.4, -0.2) is 55.5 Å². The Balaban J connectivity index is 2.51. The number of alkyl halides is 4. The third-order valence-corrected chi connectivity index (χ3v) is 5.19. The second-order valence-corrected chi connectivity index (χ2v) is 7.34. The molecule has 1 aliphatic rings. The van der Waals surface area contributed by atoms with Crippen LogP contribution in [-0.2, 0) is 9.84 Å². The third kappa shape index (κ3) is 3.89. The number of nitrogens with zero attached hydrogens (tertiary/aromatic N) is 1. The number of rotatable bonds is 3. The highest BCUT2D eigenvalue weighted by Crippen LogP contribution is 2.28. The lowest BCUT2D eigenvalue weighted by atomic mass is 10.2. The normalized spacial score (nSPS) is 27.2. The second-order valence-electron chi connectivity index (χ2n) is 4.01. The van der Waals surface area contributed by atoms with Crippen LogP contribution < -0.4 is 0 Å². The molecule has 2 unspecified atom stereocenters. The summed E-state index contributed by atoms with van der Waals surface area (Å²) in [6, 6.07) is -0.299. The van der Waals surface area contributed by atoms with E-state index in [4.69, 9.17) is 0 Å². The lowest BCUT2D eigenvalue weighted by molar-refractivity contribution is -0.130. The van der Waals surface area contributed by atoms with Crippen LogP contribution in [0.4, 0.5) is 13.2 Å². The van der Waals surface area contributed by atoms with Gasteiger partial charge in [-0.05, 0) is 13.5 Å². The molecule has 0 aromatic rings. The fourth-order valence-corrected chi connectivity index (χ4v) is 3.89. The summed E-state index contributed by atoms with van der Waals surface area (Å²) in [5.41, 5.74) is 0. The van der Waals surface area contributed by atoms with Crippen LogP contribution in [0.25, 0.3) is 0 Å². The number of hydrogen-bond donors (Lipinski definition) is 0. The molecule has 1 saturated heterocycles. The van der Waals surface area contributed by atoms with Gasteiger partial charge in [-0.1, -0.05) is 15.9 Å². The van der Waals surface area contributed by atoms with Crippen molar-refractivity contribution in [2.45, 2.75) is 23.5 Å². The first-order chi connectivity index (χ1) is 7.12. The lowest BCUT2D eigenvalue weighted by Crippen LogP contribution is -2.41. The van der Waals surface area contributed by atoms with Gasteiger partial charge in [-0.3, -0.25) is 0 Å². The van der Waals surface area contributed by atoms with Gasteiger partial charge in [-0.25, -0.2) is 8.42 Å². The van der Waals surface area contributed by atoms with Crippen molar-refractivity contribution in [2.75, 3.05) is 25.1 Å². The smallest absolute Gasteiger partial charge is 0.301 e. The van der Waals surface area contributed by atoms with Crippen molar-refractivity contribution in [3.05, 3.63) is 0 Å². The molecule has 1 fully saturated rings. The Morgan fingerprint density at radius 2 is 2.06 bits per heavy atom. The van der Waals surface area contributed by atoms with E-state index in [0.29, 0.717) is 6.42 Å². The van der Waals surface area contributed by atoms with Crippen molar-refractivity contribution >= 4 is 25.8 Å². The first kappa shape index (κ1) is 14.2. The molecular weight excluding hydrogens is 311 g/mol. The van der Waals surface area contributed by atoms with E-state index in [2.05, 4.69) is 15.9 Å². The Morgan fingerprint density at radius 3 is 2.44 bits per heavy atom. The van der Waals surface area contributed by atoms with Gasteiger partial charge in [0.1, 0.15) is 4.83 Å². The summed E-state index contributed by atoms with van der Waals surface area (Å²) in [6.07, 6.45) is -3.89. The van der Waals surface area contributed by atoms with E-state index in [1.807, 2.05) is 0 Å². The highest BCUT2D eigenvalue weighted by molar-refractivity contribution is 9.09. The quantitative estimate of drug-likeness (QED) is 0.737. The van der Waals surface area contributed by atoms with E-state index in [9.17, 15) is 21.6 Å². The lowest BCUT2D eigenvalue weighted by Gasteiger charge is -2.26. The van der Waals surface area contributed by atoms with Crippen LogP contribution in [0.5, 0.6) is 0 Å². The predicted molar refractivity (Wildman–Crippen MR) is 58.5 cm³/mol. The molecule has 0 amide bonds. The molecule has 1 heterocycles. The van der Waals surface area contributed by atoms with Crippen molar-refractivity contribution in [3.8, 4) is 0 Å². The number of sulfone groups is 1. The Kier molecular flexibility index (Phi) is 4.29. The summed E-state index contributed by atoms with van der Waals surface area (Å²) in [5.74, 6) is 0.0298. The standard InChI is InChI=1S/C8H13BrF3NO2S/c1-13(4-7(9)8(10,11)12)6-2-3-16(14,15)5-6/h6-7H,2-5H2,1H3. The topological polar surface area (TPSA) is 37.4 Å².